The zero-order valence-corrected chi connectivity index (χ0v) is 25.2. The first-order chi connectivity index (χ1) is 20.3. The van der Waals surface area contributed by atoms with E-state index >= 15 is 0 Å². The number of anilines is 1. The molecule has 10 heteroatoms. The highest BCUT2D eigenvalue weighted by atomic mass is 35.5. The lowest BCUT2D eigenvalue weighted by atomic mass is 9.73. The second-order valence-electron chi connectivity index (χ2n) is 12.6. The number of halogens is 1. The van der Waals surface area contributed by atoms with E-state index in [0.717, 1.165) is 66.0 Å². The normalized spacial score (nSPS) is 24.7. The van der Waals surface area contributed by atoms with Crippen LogP contribution in [-0.2, 0) is 21.5 Å². The first-order valence-electron chi connectivity index (χ1n) is 15.5. The van der Waals surface area contributed by atoms with E-state index in [9.17, 15) is 14.7 Å². The number of pyridine rings is 1. The molecule has 42 heavy (non-hydrogen) atoms. The summed E-state index contributed by atoms with van der Waals surface area (Å²) in [5.41, 5.74) is 4.63. The average Bonchev–Trinajstić information content (AvgIpc) is 3.50. The number of aliphatic hydroxyl groups is 1. The molecule has 1 aromatic carbocycles. The van der Waals surface area contributed by atoms with Crippen molar-refractivity contribution in [1.82, 2.24) is 24.3 Å². The summed E-state index contributed by atoms with van der Waals surface area (Å²) >= 11 is 6.67. The minimum absolute atomic E-state index is 0.157. The maximum atomic E-state index is 14.5. The molecule has 1 aliphatic carbocycles. The highest BCUT2D eigenvalue weighted by molar-refractivity contribution is 6.34. The topological polar surface area (TPSA) is 94.8 Å². The lowest BCUT2D eigenvalue weighted by Crippen LogP contribution is -2.58. The first kappa shape index (κ1) is 27.8. The molecule has 1 atom stereocenters. The van der Waals surface area contributed by atoms with Crippen molar-refractivity contribution >= 4 is 40.1 Å². The summed E-state index contributed by atoms with van der Waals surface area (Å²) < 4.78 is 1.99. The zero-order valence-electron chi connectivity index (χ0n) is 24.4. The lowest BCUT2D eigenvalue weighted by molar-refractivity contribution is -0.142. The summed E-state index contributed by atoms with van der Waals surface area (Å²) in [5, 5.41) is 10.3. The summed E-state index contributed by atoms with van der Waals surface area (Å²) in [5.74, 6) is -0.112. The molecule has 1 N–H and O–H groups in total. The largest absolute Gasteiger partial charge is 0.384 e. The molecule has 0 radical (unpaired) electrons. The molecule has 0 bridgehead atoms. The summed E-state index contributed by atoms with van der Waals surface area (Å²) in [4.78, 5) is 42.7. The standard InChI is InChI=1S/C32H39ClN6O3/c1-3-36-19-34-26-18-25(35-29(33)28(26)36)21-7-8-24-27(15-21)39(23-16-22(17-23)37-11-5-4-6-12-37)31(42)32(24)9-13-38(14-10-32)30(41)20(2)40/h7-8,15,18-20,22-23,40H,3-6,9-14,16-17H2,1-2H3/t20-,22-,23+/m1/s1. The number of carbonyl (C=O) groups is 2. The van der Waals surface area contributed by atoms with E-state index in [-0.39, 0.29) is 17.9 Å². The number of fused-ring (bicyclic) bond motifs is 3. The minimum Gasteiger partial charge on any atom is -0.384 e. The van der Waals surface area contributed by atoms with Crippen LogP contribution in [0.3, 0.4) is 0 Å². The molecule has 4 aliphatic rings. The van der Waals surface area contributed by atoms with Gasteiger partial charge in [-0.3, -0.25) is 9.59 Å². The van der Waals surface area contributed by atoms with E-state index in [1.165, 1.54) is 26.2 Å². The molecular formula is C32H39ClN6O3. The van der Waals surface area contributed by atoms with Gasteiger partial charge < -0.3 is 24.4 Å². The first-order valence-corrected chi connectivity index (χ1v) is 15.9. The molecular weight excluding hydrogens is 552 g/mol. The van der Waals surface area contributed by atoms with Crippen molar-refractivity contribution in [3.8, 4) is 11.3 Å². The fourth-order valence-electron chi connectivity index (χ4n) is 7.76. The van der Waals surface area contributed by atoms with Gasteiger partial charge in [-0.2, -0.15) is 0 Å². The summed E-state index contributed by atoms with van der Waals surface area (Å²) in [6, 6.07) is 8.93. The van der Waals surface area contributed by atoms with Crippen LogP contribution in [0.5, 0.6) is 0 Å². The van der Waals surface area contributed by atoms with Crippen molar-refractivity contribution in [2.24, 2.45) is 0 Å². The fourth-order valence-corrected chi connectivity index (χ4v) is 8.05. The van der Waals surface area contributed by atoms with Gasteiger partial charge in [0.2, 0.25) is 5.91 Å². The summed E-state index contributed by atoms with van der Waals surface area (Å²) in [6.07, 6.45) is 7.68. The van der Waals surface area contributed by atoms with Crippen LogP contribution in [0.25, 0.3) is 22.3 Å². The van der Waals surface area contributed by atoms with Crippen LogP contribution in [0.2, 0.25) is 5.15 Å². The van der Waals surface area contributed by atoms with Crippen LogP contribution in [0.15, 0.2) is 30.6 Å². The number of hydrogen-bond donors (Lipinski definition) is 1. The van der Waals surface area contributed by atoms with Gasteiger partial charge in [0.1, 0.15) is 11.6 Å². The molecule has 2 saturated heterocycles. The van der Waals surface area contributed by atoms with Crippen LogP contribution in [0.4, 0.5) is 5.69 Å². The van der Waals surface area contributed by atoms with Crippen LogP contribution in [0.1, 0.15) is 64.4 Å². The smallest absolute Gasteiger partial charge is 0.251 e. The Labute approximate surface area is 251 Å². The number of carbonyl (C=O) groups excluding carboxylic acids is 2. The van der Waals surface area contributed by atoms with Gasteiger partial charge >= 0.3 is 0 Å². The number of piperidine rings is 2. The predicted octanol–water partition coefficient (Wildman–Crippen LogP) is 4.38. The second-order valence-corrected chi connectivity index (χ2v) is 12.9. The van der Waals surface area contributed by atoms with Gasteiger partial charge in [0, 0.05) is 43.0 Å². The number of nitrogens with zero attached hydrogens (tertiary/aromatic N) is 6. The molecule has 3 aromatic rings. The highest BCUT2D eigenvalue weighted by Crippen LogP contribution is 2.52. The Morgan fingerprint density at radius 1 is 1.10 bits per heavy atom. The molecule has 7 rings (SSSR count). The van der Waals surface area contributed by atoms with E-state index in [1.807, 2.05) is 23.6 Å². The highest BCUT2D eigenvalue weighted by Gasteiger charge is 2.56. The fraction of sp³-hybridized carbons (Fsp3) is 0.562. The molecule has 2 amide bonds. The van der Waals surface area contributed by atoms with Crippen molar-refractivity contribution in [3.05, 3.63) is 41.3 Å². The Morgan fingerprint density at radius 2 is 1.83 bits per heavy atom. The number of aromatic nitrogens is 3. The third-order valence-electron chi connectivity index (χ3n) is 10.2. The van der Waals surface area contributed by atoms with Crippen LogP contribution < -0.4 is 4.90 Å². The molecule has 222 valence electrons. The van der Waals surface area contributed by atoms with Crippen LogP contribution >= 0.6 is 11.6 Å². The number of aryl methyl sites for hydroxylation is 1. The van der Waals surface area contributed by atoms with Crippen molar-refractivity contribution in [1.29, 1.82) is 0 Å². The van der Waals surface area contributed by atoms with E-state index < -0.39 is 11.5 Å². The van der Waals surface area contributed by atoms with Crippen LogP contribution in [0, 0.1) is 0 Å². The third kappa shape index (κ3) is 4.35. The Morgan fingerprint density at radius 3 is 2.52 bits per heavy atom. The van der Waals surface area contributed by atoms with Gasteiger partial charge in [0.15, 0.2) is 5.15 Å². The van der Waals surface area contributed by atoms with E-state index in [4.69, 9.17) is 16.6 Å². The maximum absolute atomic E-state index is 14.5. The number of benzene rings is 1. The monoisotopic (exact) mass is 590 g/mol. The van der Waals surface area contributed by atoms with Gasteiger partial charge in [-0.25, -0.2) is 9.97 Å². The van der Waals surface area contributed by atoms with E-state index in [0.29, 0.717) is 37.1 Å². The van der Waals surface area contributed by atoms with Gasteiger partial charge in [0.05, 0.1) is 23.0 Å². The second kappa shape index (κ2) is 10.6. The van der Waals surface area contributed by atoms with Gasteiger partial charge in [-0.05, 0) is 83.2 Å². The summed E-state index contributed by atoms with van der Waals surface area (Å²) in [6.45, 7) is 7.55. The summed E-state index contributed by atoms with van der Waals surface area (Å²) in [7, 11) is 0. The van der Waals surface area contributed by atoms with Crippen molar-refractivity contribution < 1.29 is 14.7 Å². The van der Waals surface area contributed by atoms with Gasteiger partial charge in [-0.1, -0.05) is 30.2 Å². The molecule has 5 heterocycles. The Balaban J connectivity index is 1.24. The molecule has 3 aliphatic heterocycles. The minimum atomic E-state index is -1.04. The number of rotatable bonds is 5. The Kier molecular flexibility index (Phi) is 7.02. The van der Waals surface area contributed by atoms with Crippen molar-refractivity contribution in [2.75, 3.05) is 31.1 Å². The maximum Gasteiger partial charge on any atom is 0.251 e. The van der Waals surface area contributed by atoms with E-state index in [2.05, 4.69) is 26.9 Å². The third-order valence-corrected chi connectivity index (χ3v) is 10.5. The van der Waals surface area contributed by atoms with Gasteiger partial charge in [0.25, 0.3) is 5.91 Å². The molecule has 2 aromatic heterocycles. The lowest BCUT2D eigenvalue weighted by Gasteiger charge is -2.48. The molecule has 0 unspecified atom stereocenters. The van der Waals surface area contributed by atoms with Crippen LogP contribution in [-0.4, -0.2) is 85.6 Å². The average molecular weight is 591 g/mol. The van der Waals surface area contributed by atoms with E-state index in [1.54, 1.807) is 11.2 Å². The number of hydrogen-bond acceptors (Lipinski definition) is 6. The SMILES string of the molecule is CCn1cnc2cc(-c3ccc4c(c3)N([C@H]3C[C@@H](N5CCCCC5)C3)C(=O)C43CCN(C(=O)[C@@H](C)O)CC3)nc(Cl)c21. The predicted molar refractivity (Wildman–Crippen MR) is 163 cm³/mol. The zero-order chi connectivity index (χ0) is 29.2. The molecule has 3 fully saturated rings. The molecule has 9 nitrogen and oxygen atoms in total. The molecule has 1 spiro atoms. The number of amides is 2. The Bertz CT molecular complexity index is 1530. The number of aliphatic hydroxyl groups excluding tert-OH is 1. The number of likely N-dealkylation sites (tertiary alicyclic amines) is 2. The van der Waals surface area contributed by atoms with Crippen molar-refractivity contribution in [3.63, 3.8) is 0 Å². The number of imidazole rings is 1. The van der Waals surface area contributed by atoms with Crippen molar-refractivity contribution in [2.45, 2.75) is 88.9 Å². The quantitative estimate of drug-likeness (QED) is 0.443. The van der Waals surface area contributed by atoms with Gasteiger partial charge in [-0.15, -0.1) is 0 Å². The molecule has 1 saturated carbocycles. The Hall–Kier alpha value is -3.01.